The number of anilines is 2. The Morgan fingerprint density at radius 2 is 1.76 bits per heavy atom. The second-order valence-electron chi connectivity index (χ2n) is 5.23. The largest absolute Gasteiger partial charge is 0.497 e. The van der Waals surface area contributed by atoms with Crippen LogP contribution in [-0.4, -0.2) is 24.1 Å². The summed E-state index contributed by atoms with van der Waals surface area (Å²) in [6, 6.07) is 7.83. The molecule has 0 amide bonds. The molecule has 0 radical (unpaired) electrons. The topological polar surface area (TPSA) is 38.2 Å². The lowest BCUT2D eigenvalue weighted by atomic mass is 10.2. The number of ether oxygens (including phenoxy) is 1. The molecule has 4 nitrogen and oxygen atoms in total. The molecule has 0 aliphatic carbocycles. The van der Waals surface area contributed by atoms with E-state index in [4.69, 9.17) is 16.3 Å². The lowest BCUT2D eigenvalue weighted by Crippen LogP contribution is -2.15. The average Bonchev–Trinajstić information content (AvgIpc) is 2.49. The van der Waals surface area contributed by atoms with Crippen LogP contribution in [0.3, 0.4) is 0 Å². The van der Waals surface area contributed by atoms with Crippen LogP contribution in [0.25, 0.3) is 0 Å². The normalized spacial score (nSPS) is 10.8. The van der Waals surface area contributed by atoms with Crippen molar-refractivity contribution in [1.29, 1.82) is 0 Å². The van der Waals surface area contributed by atoms with Crippen LogP contribution in [0.2, 0.25) is 5.15 Å². The molecule has 0 fully saturated rings. The molecule has 1 aromatic heterocycles. The first kappa shape index (κ1) is 15.6. The van der Waals surface area contributed by atoms with E-state index in [1.54, 1.807) is 7.11 Å². The van der Waals surface area contributed by atoms with Gasteiger partial charge in [0, 0.05) is 24.2 Å². The zero-order valence-corrected chi connectivity index (χ0v) is 13.8. The first-order valence-electron chi connectivity index (χ1n) is 6.85. The number of hydrogen-bond acceptors (Lipinski definition) is 4. The highest BCUT2D eigenvalue weighted by Crippen LogP contribution is 2.30. The van der Waals surface area contributed by atoms with E-state index in [0.717, 1.165) is 28.6 Å². The van der Waals surface area contributed by atoms with E-state index in [2.05, 4.69) is 23.8 Å². The number of benzene rings is 1. The minimum absolute atomic E-state index is 0.228. The van der Waals surface area contributed by atoms with Crippen molar-refractivity contribution in [3.05, 3.63) is 40.8 Å². The van der Waals surface area contributed by atoms with Crippen LogP contribution in [0, 0.1) is 6.92 Å². The fourth-order valence-corrected chi connectivity index (χ4v) is 2.18. The van der Waals surface area contributed by atoms with Crippen molar-refractivity contribution < 1.29 is 4.74 Å². The molecular formula is C16H20ClN3O. The van der Waals surface area contributed by atoms with E-state index in [1.807, 2.05) is 43.1 Å². The Morgan fingerprint density at radius 3 is 2.29 bits per heavy atom. The first-order chi connectivity index (χ1) is 9.93. The maximum atomic E-state index is 6.24. The van der Waals surface area contributed by atoms with Crippen molar-refractivity contribution in [2.75, 3.05) is 19.1 Å². The van der Waals surface area contributed by atoms with Gasteiger partial charge in [0.15, 0.2) is 0 Å². The van der Waals surface area contributed by atoms with Crippen molar-refractivity contribution >= 4 is 23.1 Å². The lowest BCUT2D eigenvalue weighted by molar-refractivity contribution is 0.415. The van der Waals surface area contributed by atoms with Gasteiger partial charge in [-0.3, -0.25) is 0 Å². The highest BCUT2D eigenvalue weighted by molar-refractivity contribution is 6.30. The molecule has 0 saturated heterocycles. The van der Waals surface area contributed by atoms with Gasteiger partial charge in [0.05, 0.1) is 7.11 Å². The molecule has 2 rings (SSSR count). The van der Waals surface area contributed by atoms with E-state index in [0.29, 0.717) is 5.15 Å². The summed E-state index contributed by atoms with van der Waals surface area (Å²) >= 11 is 6.24. The molecule has 0 bridgehead atoms. The van der Waals surface area contributed by atoms with Crippen LogP contribution in [0.15, 0.2) is 24.3 Å². The second kappa shape index (κ2) is 6.31. The lowest BCUT2D eigenvalue weighted by Gasteiger charge is -2.22. The van der Waals surface area contributed by atoms with Gasteiger partial charge in [0.2, 0.25) is 0 Å². The van der Waals surface area contributed by atoms with Crippen molar-refractivity contribution in [3.8, 4) is 5.75 Å². The Balaban J connectivity index is 2.43. The molecule has 0 atom stereocenters. The number of aromatic nitrogens is 2. The van der Waals surface area contributed by atoms with Gasteiger partial charge in [-0.1, -0.05) is 25.4 Å². The molecule has 0 saturated carbocycles. The van der Waals surface area contributed by atoms with E-state index in [9.17, 15) is 0 Å². The Bertz CT molecular complexity index is 626. The van der Waals surface area contributed by atoms with Crippen LogP contribution in [-0.2, 0) is 0 Å². The predicted octanol–water partition coefficient (Wildman–Crippen LogP) is 4.34. The van der Waals surface area contributed by atoms with Crippen LogP contribution in [0.4, 0.5) is 11.5 Å². The molecule has 0 unspecified atom stereocenters. The summed E-state index contributed by atoms with van der Waals surface area (Å²) in [7, 11) is 3.62. The summed E-state index contributed by atoms with van der Waals surface area (Å²) < 4.78 is 5.18. The van der Waals surface area contributed by atoms with Crippen LogP contribution >= 0.6 is 11.6 Å². The van der Waals surface area contributed by atoms with Gasteiger partial charge in [0.1, 0.15) is 22.5 Å². The standard InChI is InChI=1S/C16H20ClN3O/c1-10(2)15-18-14(17)11(3)16(19-15)20(4)12-6-8-13(21-5)9-7-12/h6-10H,1-5H3. The predicted molar refractivity (Wildman–Crippen MR) is 86.9 cm³/mol. The van der Waals surface area contributed by atoms with Gasteiger partial charge in [-0.15, -0.1) is 0 Å². The zero-order chi connectivity index (χ0) is 15.6. The van der Waals surface area contributed by atoms with Gasteiger partial charge < -0.3 is 9.64 Å². The quantitative estimate of drug-likeness (QED) is 0.788. The molecule has 1 aromatic carbocycles. The summed E-state index contributed by atoms with van der Waals surface area (Å²) in [4.78, 5) is 11.0. The van der Waals surface area contributed by atoms with Crippen molar-refractivity contribution in [3.63, 3.8) is 0 Å². The molecule has 2 aromatic rings. The fraction of sp³-hybridized carbons (Fsp3) is 0.375. The highest BCUT2D eigenvalue weighted by atomic mass is 35.5. The number of rotatable bonds is 4. The summed E-state index contributed by atoms with van der Waals surface area (Å²) in [5.74, 6) is 2.63. The molecule has 0 aliphatic rings. The zero-order valence-electron chi connectivity index (χ0n) is 13.0. The smallest absolute Gasteiger partial charge is 0.140 e. The van der Waals surface area contributed by atoms with Crippen molar-refractivity contribution in [2.45, 2.75) is 26.7 Å². The fourth-order valence-electron chi connectivity index (χ4n) is 2.01. The maximum absolute atomic E-state index is 6.24. The van der Waals surface area contributed by atoms with E-state index >= 15 is 0 Å². The first-order valence-corrected chi connectivity index (χ1v) is 7.23. The Morgan fingerprint density at radius 1 is 1.14 bits per heavy atom. The van der Waals surface area contributed by atoms with Crippen LogP contribution in [0.5, 0.6) is 5.75 Å². The minimum atomic E-state index is 0.228. The van der Waals surface area contributed by atoms with Gasteiger partial charge in [-0.2, -0.15) is 0 Å². The Labute approximate surface area is 130 Å². The van der Waals surface area contributed by atoms with Gasteiger partial charge in [-0.05, 0) is 31.2 Å². The summed E-state index contributed by atoms with van der Waals surface area (Å²) in [6.45, 7) is 6.04. The van der Waals surface area contributed by atoms with Crippen molar-refractivity contribution in [2.24, 2.45) is 0 Å². The minimum Gasteiger partial charge on any atom is -0.497 e. The number of nitrogens with zero attached hydrogens (tertiary/aromatic N) is 3. The SMILES string of the molecule is COc1ccc(N(C)c2nc(C(C)C)nc(Cl)c2C)cc1. The molecule has 0 spiro atoms. The number of halogens is 1. The van der Waals surface area contributed by atoms with E-state index in [1.165, 1.54) is 0 Å². The maximum Gasteiger partial charge on any atom is 0.140 e. The molecule has 1 heterocycles. The monoisotopic (exact) mass is 305 g/mol. The second-order valence-corrected chi connectivity index (χ2v) is 5.59. The molecule has 5 heteroatoms. The molecule has 112 valence electrons. The Hall–Kier alpha value is -1.81. The third kappa shape index (κ3) is 3.27. The van der Waals surface area contributed by atoms with Crippen LogP contribution in [0.1, 0.15) is 31.2 Å². The number of methoxy groups -OCH3 is 1. The number of hydrogen-bond donors (Lipinski definition) is 0. The molecular weight excluding hydrogens is 286 g/mol. The molecule has 21 heavy (non-hydrogen) atoms. The summed E-state index contributed by atoms with van der Waals surface area (Å²) in [5, 5.41) is 0.504. The van der Waals surface area contributed by atoms with Gasteiger partial charge >= 0.3 is 0 Å². The van der Waals surface area contributed by atoms with Crippen LogP contribution < -0.4 is 9.64 Å². The molecule has 0 N–H and O–H groups in total. The van der Waals surface area contributed by atoms with Crippen molar-refractivity contribution in [1.82, 2.24) is 9.97 Å². The third-order valence-corrected chi connectivity index (χ3v) is 3.74. The van der Waals surface area contributed by atoms with E-state index < -0.39 is 0 Å². The Kier molecular flexibility index (Phi) is 4.68. The summed E-state index contributed by atoms with van der Waals surface area (Å²) in [6.07, 6.45) is 0. The van der Waals surface area contributed by atoms with E-state index in [-0.39, 0.29) is 5.92 Å². The third-order valence-electron chi connectivity index (χ3n) is 3.37. The van der Waals surface area contributed by atoms with Gasteiger partial charge in [-0.25, -0.2) is 9.97 Å². The highest BCUT2D eigenvalue weighted by Gasteiger charge is 2.16. The van der Waals surface area contributed by atoms with Gasteiger partial charge in [0.25, 0.3) is 0 Å². The average molecular weight is 306 g/mol. The summed E-state index contributed by atoms with van der Waals surface area (Å²) in [5.41, 5.74) is 1.89. The molecule has 0 aliphatic heterocycles.